The maximum atomic E-state index is 13.0. The number of rotatable bonds is 8. The predicted octanol–water partition coefficient (Wildman–Crippen LogP) is 0.425. The number of ether oxygens (including phenoxy) is 6. The molecule has 196 valence electrons. The second-order valence-electron chi connectivity index (χ2n) is 7.72. The first-order valence-corrected chi connectivity index (χ1v) is 10.8. The standard InChI is InChI=1S/C23H27NO12/c1-11(25)24-19-21(34-15(5)29)20(33-14(4)28)18(10-31-12(2)26)35-23(19)36-22(30)16-8-6-7-9-17(16)32-13(3)27/h6-9,18-21,23H,10H2,1-5H3,(H,24,25)/t18-,19+,20-,21-,23+/m1/s1. The molecule has 1 aromatic rings. The Kier molecular flexibility index (Phi) is 9.91. The molecule has 0 aromatic heterocycles. The second kappa shape index (κ2) is 12.6. The first-order valence-electron chi connectivity index (χ1n) is 10.8. The molecule has 36 heavy (non-hydrogen) atoms. The van der Waals surface area contributed by atoms with Gasteiger partial charge in [0.2, 0.25) is 12.2 Å². The van der Waals surface area contributed by atoms with Crippen LogP contribution in [0.25, 0.3) is 0 Å². The van der Waals surface area contributed by atoms with Gasteiger partial charge in [-0.2, -0.15) is 0 Å². The number of para-hydroxylation sites is 1. The molecular formula is C23H27NO12. The van der Waals surface area contributed by atoms with E-state index in [0.717, 1.165) is 34.6 Å². The van der Waals surface area contributed by atoms with Crippen LogP contribution in [0, 0.1) is 0 Å². The van der Waals surface area contributed by atoms with Crippen LogP contribution < -0.4 is 10.1 Å². The highest BCUT2D eigenvalue weighted by atomic mass is 16.7. The first-order chi connectivity index (χ1) is 16.9. The van der Waals surface area contributed by atoms with E-state index >= 15 is 0 Å². The highest BCUT2D eigenvalue weighted by Crippen LogP contribution is 2.29. The van der Waals surface area contributed by atoms with E-state index in [0.29, 0.717) is 0 Å². The lowest BCUT2D eigenvalue weighted by Gasteiger charge is -2.44. The van der Waals surface area contributed by atoms with E-state index in [1.165, 1.54) is 24.3 Å². The summed E-state index contributed by atoms with van der Waals surface area (Å²) in [6.07, 6.45) is -5.60. The normalized spacial score (nSPS) is 23.0. The monoisotopic (exact) mass is 509 g/mol. The lowest BCUT2D eigenvalue weighted by atomic mass is 9.96. The third kappa shape index (κ3) is 8.05. The van der Waals surface area contributed by atoms with Gasteiger partial charge in [-0.25, -0.2) is 4.79 Å². The average molecular weight is 509 g/mol. The third-order valence-corrected chi connectivity index (χ3v) is 4.66. The Morgan fingerprint density at radius 1 is 0.806 bits per heavy atom. The van der Waals surface area contributed by atoms with Crippen LogP contribution in [0.1, 0.15) is 45.0 Å². The highest BCUT2D eigenvalue weighted by Gasteiger charge is 2.52. The minimum Gasteiger partial charge on any atom is -0.463 e. The number of esters is 5. The zero-order valence-electron chi connectivity index (χ0n) is 20.3. The number of benzene rings is 1. The number of carbonyl (C=O) groups excluding carboxylic acids is 6. The summed E-state index contributed by atoms with van der Waals surface area (Å²) < 4.78 is 31.9. The van der Waals surface area contributed by atoms with Crippen molar-refractivity contribution in [1.82, 2.24) is 5.32 Å². The molecule has 5 atom stereocenters. The van der Waals surface area contributed by atoms with Crippen LogP contribution in [-0.4, -0.2) is 73.0 Å². The SMILES string of the molecule is CC(=O)N[C@@H]1[C@H](OC(=O)c2ccccc2OC(C)=O)O[C@H](COC(C)=O)[C@@H](OC(C)=O)[C@@H]1OC(C)=O. The molecule has 1 amide bonds. The van der Waals surface area contributed by atoms with Gasteiger partial charge in [-0.05, 0) is 12.1 Å². The van der Waals surface area contributed by atoms with E-state index in [9.17, 15) is 28.8 Å². The minimum absolute atomic E-state index is 0.0901. The largest absolute Gasteiger partial charge is 0.463 e. The number of hydrogen-bond donors (Lipinski definition) is 1. The van der Waals surface area contributed by atoms with E-state index in [1.807, 2.05) is 0 Å². The van der Waals surface area contributed by atoms with Crippen LogP contribution in [0.15, 0.2) is 24.3 Å². The molecule has 1 N–H and O–H groups in total. The smallest absolute Gasteiger partial charge is 0.344 e. The van der Waals surface area contributed by atoms with Gasteiger partial charge in [-0.3, -0.25) is 24.0 Å². The Morgan fingerprint density at radius 3 is 1.97 bits per heavy atom. The first kappa shape index (κ1) is 28.2. The van der Waals surface area contributed by atoms with Crippen LogP contribution in [0.5, 0.6) is 5.75 Å². The molecular weight excluding hydrogens is 482 g/mol. The summed E-state index contributed by atoms with van der Waals surface area (Å²) in [5.74, 6) is -4.65. The van der Waals surface area contributed by atoms with Crippen molar-refractivity contribution in [2.24, 2.45) is 0 Å². The summed E-state index contributed by atoms with van der Waals surface area (Å²) in [4.78, 5) is 71.5. The van der Waals surface area contributed by atoms with Crippen molar-refractivity contribution in [3.8, 4) is 5.75 Å². The van der Waals surface area contributed by atoms with E-state index in [2.05, 4.69) is 5.32 Å². The molecule has 0 unspecified atom stereocenters. The molecule has 13 heteroatoms. The second-order valence-corrected chi connectivity index (χ2v) is 7.72. The third-order valence-electron chi connectivity index (χ3n) is 4.66. The molecule has 1 aliphatic heterocycles. The summed E-state index contributed by atoms with van der Waals surface area (Å²) in [5, 5.41) is 2.48. The predicted molar refractivity (Wildman–Crippen MR) is 117 cm³/mol. The maximum absolute atomic E-state index is 13.0. The van der Waals surface area contributed by atoms with Crippen LogP contribution in [0.4, 0.5) is 0 Å². The Morgan fingerprint density at radius 2 is 1.42 bits per heavy atom. The van der Waals surface area contributed by atoms with E-state index in [1.54, 1.807) is 0 Å². The summed E-state index contributed by atoms with van der Waals surface area (Å²) in [5.41, 5.74) is -0.138. The minimum atomic E-state index is -1.61. The topological polar surface area (TPSA) is 170 Å². The Labute approximate surface area is 206 Å². The maximum Gasteiger partial charge on any atom is 0.344 e. The van der Waals surface area contributed by atoms with E-state index in [4.69, 9.17) is 28.4 Å². The average Bonchev–Trinajstić information content (AvgIpc) is 2.75. The van der Waals surface area contributed by atoms with Crippen molar-refractivity contribution >= 4 is 35.8 Å². The molecule has 0 bridgehead atoms. The van der Waals surface area contributed by atoms with Gasteiger partial charge < -0.3 is 33.7 Å². The van der Waals surface area contributed by atoms with Crippen molar-refractivity contribution in [3.63, 3.8) is 0 Å². The molecule has 0 saturated carbocycles. The van der Waals surface area contributed by atoms with Crippen molar-refractivity contribution in [2.75, 3.05) is 6.61 Å². The van der Waals surface area contributed by atoms with Gasteiger partial charge in [0.25, 0.3) is 0 Å². The van der Waals surface area contributed by atoms with Gasteiger partial charge >= 0.3 is 29.8 Å². The molecule has 1 fully saturated rings. The van der Waals surface area contributed by atoms with Crippen molar-refractivity contribution < 1.29 is 57.2 Å². The highest BCUT2D eigenvalue weighted by molar-refractivity contribution is 5.93. The van der Waals surface area contributed by atoms with E-state index in [-0.39, 0.29) is 11.3 Å². The number of carbonyl (C=O) groups is 6. The fraction of sp³-hybridized carbons (Fsp3) is 0.478. The molecule has 1 heterocycles. The van der Waals surface area contributed by atoms with Crippen LogP contribution in [0.2, 0.25) is 0 Å². The number of hydrogen-bond acceptors (Lipinski definition) is 12. The summed E-state index contributed by atoms with van der Waals surface area (Å²) >= 11 is 0. The van der Waals surface area contributed by atoms with Gasteiger partial charge in [0.05, 0.1) is 0 Å². The molecule has 0 radical (unpaired) electrons. The van der Waals surface area contributed by atoms with Gasteiger partial charge in [0.15, 0.2) is 12.2 Å². The quantitative estimate of drug-likeness (QED) is 0.292. The number of nitrogens with one attached hydrogen (secondary N) is 1. The molecule has 1 aliphatic rings. The van der Waals surface area contributed by atoms with Gasteiger partial charge in [0, 0.05) is 34.6 Å². The van der Waals surface area contributed by atoms with Gasteiger partial charge in [-0.15, -0.1) is 0 Å². The fourth-order valence-electron chi connectivity index (χ4n) is 3.44. The Bertz CT molecular complexity index is 1020. The Balaban J connectivity index is 2.48. The van der Waals surface area contributed by atoms with Crippen LogP contribution in [-0.2, 0) is 47.7 Å². The number of amides is 1. The molecule has 1 aromatic carbocycles. The molecule has 13 nitrogen and oxygen atoms in total. The van der Waals surface area contributed by atoms with Gasteiger partial charge in [0.1, 0.15) is 30.1 Å². The van der Waals surface area contributed by atoms with E-state index < -0.39 is 73.0 Å². The zero-order valence-corrected chi connectivity index (χ0v) is 20.3. The molecule has 0 aliphatic carbocycles. The van der Waals surface area contributed by atoms with Crippen molar-refractivity contribution in [2.45, 2.75) is 65.3 Å². The zero-order chi connectivity index (χ0) is 27.0. The summed E-state index contributed by atoms with van der Waals surface area (Å²) in [6, 6.07) is 4.39. The fourth-order valence-corrected chi connectivity index (χ4v) is 3.44. The van der Waals surface area contributed by atoms with Crippen molar-refractivity contribution in [3.05, 3.63) is 29.8 Å². The van der Waals surface area contributed by atoms with Crippen LogP contribution in [0.3, 0.4) is 0 Å². The summed E-state index contributed by atoms with van der Waals surface area (Å²) in [7, 11) is 0. The Hall–Kier alpha value is -4.00. The molecule has 0 spiro atoms. The lowest BCUT2D eigenvalue weighted by Crippen LogP contribution is -2.66. The van der Waals surface area contributed by atoms with Gasteiger partial charge in [-0.1, -0.05) is 12.1 Å². The lowest BCUT2D eigenvalue weighted by molar-refractivity contribution is -0.263. The molecule has 2 rings (SSSR count). The summed E-state index contributed by atoms with van der Waals surface area (Å²) in [6.45, 7) is 5.16. The van der Waals surface area contributed by atoms with Crippen LogP contribution >= 0.6 is 0 Å². The molecule has 1 saturated heterocycles. The van der Waals surface area contributed by atoms with Crippen molar-refractivity contribution in [1.29, 1.82) is 0 Å².